The number of hydrogen-bond donors (Lipinski definition) is 3. The molecule has 0 aromatic carbocycles. The Morgan fingerprint density at radius 3 is 2.58 bits per heavy atom. The maximum Gasteiger partial charge on any atom is 0.260 e. The molecule has 0 unspecified atom stereocenters. The molecule has 0 bridgehead atoms. The summed E-state index contributed by atoms with van der Waals surface area (Å²) in [6, 6.07) is 3.17. The SMILES string of the molecule is CCNc1cccnc1S(=O)(=O)NCCS(N)(=O)=O. The van der Waals surface area contributed by atoms with E-state index < -0.39 is 25.8 Å². The summed E-state index contributed by atoms with van der Waals surface area (Å²) in [5.74, 6) is -0.477. The van der Waals surface area contributed by atoms with Crippen molar-refractivity contribution in [2.24, 2.45) is 5.14 Å². The molecule has 0 radical (unpaired) electrons. The van der Waals surface area contributed by atoms with E-state index in [2.05, 4.69) is 15.0 Å². The first kappa shape index (κ1) is 15.8. The Bertz CT molecular complexity index is 627. The summed E-state index contributed by atoms with van der Waals surface area (Å²) in [4.78, 5) is 3.79. The minimum absolute atomic E-state index is 0.175. The summed E-state index contributed by atoms with van der Waals surface area (Å²) < 4.78 is 47.5. The molecule has 0 aliphatic rings. The molecule has 1 aromatic rings. The molecule has 0 atom stereocenters. The molecule has 1 aromatic heterocycles. The molecule has 0 aliphatic carbocycles. The van der Waals surface area contributed by atoms with E-state index in [1.54, 1.807) is 12.1 Å². The van der Waals surface area contributed by atoms with Gasteiger partial charge in [-0.05, 0) is 19.1 Å². The number of pyridine rings is 1. The van der Waals surface area contributed by atoms with E-state index in [-0.39, 0.29) is 11.6 Å². The quantitative estimate of drug-likeness (QED) is 0.597. The lowest BCUT2D eigenvalue weighted by Gasteiger charge is -2.10. The van der Waals surface area contributed by atoms with Crippen molar-refractivity contribution in [1.82, 2.24) is 9.71 Å². The molecule has 1 heterocycles. The normalized spacial score (nSPS) is 12.3. The molecule has 1 rings (SSSR count). The van der Waals surface area contributed by atoms with Gasteiger partial charge < -0.3 is 5.32 Å². The number of hydrogen-bond acceptors (Lipinski definition) is 6. The lowest BCUT2D eigenvalue weighted by Crippen LogP contribution is -2.32. The lowest BCUT2D eigenvalue weighted by molar-refractivity contribution is 0.578. The number of sulfonamides is 2. The van der Waals surface area contributed by atoms with Crippen molar-refractivity contribution in [3.63, 3.8) is 0 Å². The van der Waals surface area contributed by atoms with E-state index in [1.807, 2.05) is 6.92 Å². The van der Waals surface area contributed by atoms with Gasteiger partial charge in [0.2, 0.25) is 10.0 Å². The monoisotopic (exact) mass is 308 g/mol. The van der Waals surface area contributed by atoms with Crippen molar-refractivity contribution in [3.05, 3.63) is 18.3 Å². The highest BCUT2D eigenvalue weighted by Crippen LogP contribution is 2.17. The fourth-order valence-electron chi connectivity index (χ4n) is 1.32. The van der Waals surface area contributed by atoms with Crippen molar-refractivity contribution in [2.45, 2.75) is 11.9 Å². The van der Waals surface area contributed by atoms with Gasteiger partial charge in [0.05, 0.1) is 11.4 Å². The van der Waals surface area contributed by atoms with Crippen LogP contribution in [0.15, 0.2) is 23.4 Å². The number of nitrogens with two attached hydrogens (primary N) is 1. The standard InChI is InChI=1S/C9H16N4O4S2/c1-2-11-8-4-3-5-12-9(8)19(16,17)13-6-7-18(10,14)15/h3-5,11,13H,2,6-7H2,1H3,(H2,10,14,15). The summed E-state index contributed by atoms with van der Waals surface area (Å²) in [7, 11) is -7.59. The Morgan fingerprint density at radius 2 is 2.00 bits per heavy atom. The highest BCUT2D eigenvalue weighted by atomic mass is 32.2. The van der Waals surface area contributed by atoms with Crippen molar-refractivity contribution in [3.8, 4) is 0 Å². The van der Waals surface area contributed by atoms with Crippen LogP contribution in [0.1, 0.15) is 6.92 Å². The average molecular weight is 308 g/mol. The van der Waals surface area contributed by atoms with Gasteiger partial charge in [-0.3, -0.25) is 0 Å². The van der Waals surface area contributed by atoms with Gasteiger partial charge >= 0.3 is 0 Å². The third-order valence-corrected chi connectivity index (χ3v) is 4.26. The van der Waals surface area contributed by atoms with Crippen molar-refractivity contribution in [1.29, 1.82) is 0 Å². The molecule has 0 fully saturated rings. The Hall–Kier alpha value is -1.23. The number of primary sulfonamides is 1. The number of nitrogens with one attached hydrogen (secondary N) is 2. The van der Waals surface area contributed by atoms with Crippen molar-refractivity contribution >= 4 is 25.7 Å². The zero-order chi connectivity index (χ0) is 14.5. The predicted molar refractivity (Wildman–Crippen MR) is 71.6 cm³/mol. The maximum absolute atomic E-state index is 12.0. The third kappa shape index (κ3) is 5.11. The van der Waals surface area contributed by atoms with Crippen molar-refractivity contribution in [2.75, 3.05) is 24.2 Å². The molecule has 0 saturated carbocycles. The van der Waals surface area contributed by atoms with Gasteiger partial charge in [0.25, 0.3) is 10.0 Å². The first-order chi connectivity index (χ1) is 8.76. The molecular formula is C9H16N4O4S2. The van der Waals surface area contributed by atoms with Gasteiger partial charge in [0.1, 0.15) is 0 Å². The van der Waals surface area contributed by atoms with Crippen LogP contribution in [-0.2, 0) is 20.0 Å². The number of rotatable bonds is 7. The van der Waals surface area contributed by atoms with Gasteiger partial charge in [-0.15, -0.1) is 0 Å². The van der Waals surface area contributed by atoms with E-state index >= 15 is 0 Å². The Balaban J connectivity index is 2.88. The molecule has 0 aliphatic heterocycles. The van der Waals surface area contributed by atoms with Crippen LogP contribution in [0.4, 0.5) is 5.69 Å². The summed E-state index contributed by atoms with van der Waals surface area (Å²) >= 11 is 0. The van der Waals surface area contributed by atoms with Crippen LogP contribution >= 0.6 is 0 Å². The zero-order valence-corrected chi connectivity index (χ0v) is 12.0. The number of aromatic nitrogens is 1. The van der Waals surface area contributed by atoms with E-state index in [0.717, 1.165) is 0 Å². The van der Waals surface area contributed by atoms with E-state index in [1.165, 1.54) is 6.20 Å². The van der Waals surface area contributed by atoms with E-state index in [0.29, 0.717) is 12.2 Å². The minimum atomic E-state index is -3.88. The molecule has 8 nitrogen and oxygen atoms in total. The second-order valence-corrected chi connectivity index (χ2v) is 7.07. The van der Waals surface area contributed by atoms with Crippen LogP contribution in [0.5, 0.6) is 0 Å². The number of nitrogens with zero attached hydrogens (tertiary/aromatic N) is 1. The van der Waals surface area contributed by atoms with Crippen molar-refractivity contribution < 1.29 is 16.8 Å². The second-order valence-electron chi connectivity index (χ2n) is 3.65. The summed E-state index contributed by atoms with van der Waals surface area (Å²) in [5, 5.41) is 7.48. The predicted octanol–water partition coefficient (Wildman–Crippen LogP) is -0.920. The molecule has 0 saturated heterocycles. The van der Waals surface area contributed by atoms with Crippen LogP contribution in [0.3, 0.4) is 0 Å². The zero-order valence-electron chi connectivity index (χ0n) is 10.3. The van der Waals surface area contributed by atoms with Gasteiger partial charge in [-0.1, -0.05) is 0 Å². The van der Waals surface area contributed by atoms with Gasteiger partial charge in [0.15, 0.2) is 5.03 Å². The molecule has 19 heavy (non-hydrogen) atoms. The lowest BCUT2D eigenvalue weighted by atomic mass is 10.4. The smallest absolute Gasteiger partial charge is 0.260 e. The second kappa shape index (κ2) is 6.28. The molecule has 0 amide bonds. The first-order valence-electron chi connectivity index (χ1n) is 5.45. The van der Waals surface area contributed by atoms with Gasteiger partial charge in [-0.2, -0.15) is 0 Å². The molecule has 4 N–H and O–H groups in total. The van der Waals surface area contributed by atoms with E-state index in [9.17, 15) is 16.8 Å². The molecule has 108 valence electrons. The van der Waals surface area contributed by atoms with Crippen LogP contribution in [-0.4, -0.2) is 40.7 Å². The Kier molecular flexibility index (Phi) is 5.23. The summed E-state index contributed by atoms with van der Waals surface area (Å²) in [5.41, 5.74) is 0.355. The minimum Gasteiger partial charge on any atom is -0.383 e. The first-order valence-corrected chi connectivity index (χ1v) is 8.65. The highest BCUT2D eigenvalue weighted by Gasteiger charge is 2.20. The van der Waals surface area contributed by atoms with Crippen LogP contribution < -0.4 is 15.2 Å². The van der Waals surface area contributed by atoms with Gasteiger partial charge in [0, 0.05) is 19.3 Å². The molecular weight excluding hydrogens is 292 g/mol. The van der Waals surface area contributed by atoms with Crippen LogP contribution in [0.2, 0.25) is 0 Å². The summed E-state index contributed by atoms with van der Waals surface area (Å²) in [6.07, 6.45) is 1.34. The van der Waals surface area contributed by atoms with Gasteiger partial charge in [-0.25, -0.2) is 31.7 Å². The Labute approximate surface area is 112 Å². The van der Waals surface area contributed by atoms with E-state index in [4.69, 9.17) is 5.14 Å². The maximum atomic E-state index is 12.0. The van der Waals surface area contributed by atoms with Crippen LogP contribution in [0.25, 0.3) is 0 Å². The largest absolute Gasteiger partial charge is 0.383 e. The molecule has 10 heteroatoms. The highest BCUT2D eigenvalue weighted by molar-refractivity contribution is 7.90. The molecule has 0 spiro atoms. The number of anilines is 1. The van der Waals surface area contributed by atoms with Crippen LogP contribution in [0, 0.1) is 0 Å². The average Bonchev–Trinajstić information content (AvgIpc) is 2.28. The fourth-order valence-corrected chi connectivity index (χ4v) is 2.97. The summed E-state index contributed by atoms with van der Waals surface area (Å²) in [6.45, 7) is 2.05. The third-order valence-electron chi connectivity index (χ3n) is 2.07. The Morgan fingerprint density at radius 1 is 1.32 bits per heavy atom. The topological polar surface area (TPSA) is 131 Å². The fraction of sp³-hybridized carbons (Fsp3) is 0.444.